The summed E-state index contributed by atoms with van der Waals surface area (Å²) < 4.78 is 10.5. The van der Waals surface area contributed by atoms with Crippen molar-refractivity contribution in [1.82, 2.24) is 15.0 Å². The number of morpholine rings is 1. The lowest BCUT2D eigenvalue weighted by atomic mass is 10.1. The van der Waals surface area contributed by atoms with Crippen LogP contribution in [0.2, 0.25) is 0 Å². The van der Waals surface area contributed by atoms with Gasteiger partial charge in [-0.05, 0) is 5.92 Å². The van der Waals surface area contributed by atoms with E-state index in [9.17, 15) is 5.11 Å². The van der Waals surface area contributed by atoms with Crippen molar-refractivity contribution in [1.29, 1.82) is 0 Å². The first-order chi connectivity index (χ1) is 8.69. The molecule has 6 nitrogen and oxygen atoms in total. The van der Waals surface area contributed by atoms with E-state index in [1.54, 1.807) is 0 Å². The minimum atomic E-state index is 0.0331. The van der Waals surface area contributed by atoms with Gasteiger partial charge in [0.1, 0.15) is 0 Å². The van der Waals surface area contributed by atoms with Crippen LogP contribution in [0.25, 0.3) is 0 Å². The van der Waals surface area contributed by atoms with Crippen LogP contribution in [0.1, 0.15) is 25.6 Å². The molecule has 1 N–H and O–H groups in total. The molecule has 1 aromatic heterocycles. The van der Waals surface area contributed by atoms with Crippen LogP contribution >= 0.6 is 0 Å². The number of hydrogen-bond acceptors (Lipinski definition) is 6. The molecule has 0 spiro atoms. The van der Waals surface area contributed by atoms with Crippen LogP contribution in [0.5, 0.6) is 0 Å². The highest BCUT2D eigenvalue weighted by Crippen LogP contribution is 2.11. The second-order valence-corrected chi connectivity index (χ2v) is 5.08. The largest absolute Gasteiger partial charge is 0.395 e. The van der Waals surface area contributed by atoms with Crippen molar-refractivity contribution in [2.75, 3.05) is 26.4 Å². The molecular weight excluding hydrogens is 234 g/mol. The zero-order valence-electron chi connectivity index (χ0n) is 11.0. The average molecular weight is 255 g/mol. The van der Waals surface area contributed by atoms with E-state index in [-0.39, 0.29) is 12.6 Å². The Morgan fingerprint density at radius 1 is 1.50 bits per heavy atom. The smallest absolute Gasteiger partial charge is 0.226 e. The minimum absolute atomic E-state index is 0.0331. The molecule has 1 unspecified atom stereocenters. The van der Waals surface area contributed by atoms with Crippen LogP contribution in [0.4, 0.5) is 0 Å². The van der Waals surface area contributed by atoms with Gasteiger partial charge in [0.15, 0.2) is 5.82 Å². The second kappa shape index (κ2) is 6.26. The van der Waals surface area contributed by atoms with E-state index in [1.165, 1.54) is 0 Å². The molecule has 0 saturated carbocycles. The Morgan fingerprint density at radius 2 is 2.33 bits per heavy atom. The van der Waals surface area contributed by atoms with Crippen LogP contribution in [-0.2, 0) is 17.7 Å². The van der Waals surface area contributed by atoms with Gasteiger partial charge in [-0.1, -0.05) is 19.0 Å². The van der Waals surface area contributed by atoms with E-state index in [0.29, 0.717) is 37.4 Å². The first kappa shape index (κ1) is 13.5. The molecule has 102 valence electrons. The van der Waals surface area contributed by atoms with Crippen LogP contribution in [0.3, 0.4) is 0 Å². The van der Waals surface area contributed by atoms with Crippen molar-refractivity contribution >= 4 is 0 Å². The van der Waals surface area contributed by atoms with Crippen molar-refractivity contribution in [3.63, 3.8) is 0 Å². The third kappa shape index (κ3) is 3.51. The van der Waals surface area contributed by atoms with Crippen molar-refractivity contribution in [3.8, 4) is 0 Å². The highest BCUT2D eigenvalue weighted by molar-refractivity contribution is 4.89. The number of aromatic nitrogens is 2. The van der Waals surface area contributed by atoms with Gasteiger partial charge in [0.25, 0.3) is 0 Å². The fourth-order valence-corrected chi connectivity index (χ4v) is 2.03. The van der Waals surface area contributed by atoms with Gasteiger partial charge in [0.2, 0.25) is 5.89 Å². The Bertz CT molecular complexity index is 367. The number of hydrogen-bond donors (Lipinski definition) is 1. The number of aliphatic hydroxyl groups excluding tert-OH is 1. The summed E-state index contributed by atoms with van der Waals surface area (Å²) >= 11 is 0. The van der Waals surface area contributed by atoms with Crippen molar-refractivity contribution in [3.05, 3.63) is 11.7 Å². The monoisotopic (exact) mass is 255 g/mol. The quantitative estimate of drug-likeness (QED) is 0.824. The molecule has 18 heavy (non-hydrogen) atoms. The molecule has 6 heteroatoms. The lowest BCUT2D eigenvalue weighted by Gasteiger charge is -2.33. The van der Waals surface area contributed by atoms with E-state index in [1.807, 2.05) is 0 Å². The minimum Gasteiger partial charge on any atom is -0.395 e. The molecule has 2 rings (SSSR count). The second-order valence-electron chi connectivity index (χ2n) is 5.08. The summed E-state index contributed by atoms with van der Waals surface area (Å²) in [6.45, 7) is 6.98. The summed E-state index contributed by atoms with van der Waals surface area (Å²) in [6, 6.07) is 0.0331. The maximum Gasteiger partial charge on any atom is 0.226 e. The van der Waals surface area contributed by atoms with Gasteiger partial charge in [0, 0.05) is 13.0 Å². The average Bonchev–Trinajstić information content (AvgIpc) is 2.76. The first-order valence-electron chi connectivity index (χ1n) is 6.43. The van der Waals surface area contributed by atoms with E-state index >= 15 is 0 Å². The van der Waals surface area contributed by atoms with E-state index in [4.69, 9.17) is 9.26 Å². The number of ether oxygens (including phenoxy) is 1. The number of nitrogens with zero attached hydrogens (tertiary/aromatic N) is 3. The molecular formula is C12H21N3O3. The van der Waals surface area contributed by atoms with Gasteiger partial charge in [0.05, 0.1) is 32.4 Å². The molecule has 0 radical (unpaired) electrons. The SMILES string of the molecule is CC(C)Cc1nc(CN2CCOCC2CO)no1. The topological polar surface area (TPSA) is 71.6 Å². The Labute approximate surface area is 107 Å². The highest BCUT2D eigenvalue weighted by Gasteiger charge is 2.23. The van der Waals surface area contributed by atoms with Gasteiger partial charge in [-0.3, -0.25) is 4.90 Å². The third-order valence-corrected chi connectivity index (χ3v) is 3.00. The lowest BCUT2D eigenvalue weighted by molar-refractivity contribution is -0.0324. The Balaban J connectivity index is 1.93. The van der Waals surface area contributed by atoms with Crippen LogP contribution < -0.4 is 0 Å². The van der Waals surface area contributed by atoms with Crippen LogP contribution in [0.15, 0.2) is 4.52 Å². The summed E-state index contributed by atoms with van der Waals surface area (Å²) in [4.78, 5) is 6.50. The molecule has 0 aromatic carbocycles. The van der Waals surface area contributed by atoms with Crippen LogP contribution in [-0.4, -0.2) is 52.6 Å². The maximum absolute atomic E-state index is 9.28. The maximum atomic E-state index is 9.28. The summed E-state index contributed by atoms with van der Waals surface area (Å²) in [5.41, 5.74) is 0. The first-order valence-corrected chi connectivity index (χ1v) is 6.43. The van der Waals surface area contributed by atoms with Gasteiger partial charge >= 0.3 is 0 Å². The molecule has 0 amide bonds. The number of aliphatic hydroxyl groups is 1. The normalized spacial score (nSPS) is 21.7. The summed E-state index contributed by atoms with van der Waals surface area (Å²) in [7, 11) is 0. The van der Waals surface area contributed by atoms with Gasteiger partial charge in [-0.15, -0.1) is 0 Å². The summed E-state index contributed by atoms with van der Waals surface area (Å²) in [5, 5.41) is 13.3. The number of rotatable bonds is 5. The molecule has 0 bridgehead atoms. The van der Waals surface area contributed by atoms with E-state index in [0.717, 1.165) is 13.0 Å². The molecule has 0 aliphatic carbocycles. The Morgan fingerprint density at radius 3 is 3.06 bits per heavy atom. The fraction of sp³-hybridized carbons (Fsp3) is 0.833. The zero-order chi connectivity index (χ0) is 13.0. The molecule has 2 heterocycles. The van der Waals surface area contributed by atoms with Crippen LogP contribution in [0, 0.1) is 5.92 Å². The van der Waals surface area contributed by atoms with Crippen molar-refractivity contribution in [2.45, 2.75) is 32.9 Å². The fourth-order valence-electron chi connectivity index (χ4n) is 2.03. The molecule has 1 atom stereocenters. The van der Waals surface area contributed by atoms with Crippen molar-refractivity contribution in [2.24, 2.45) is 5.92 Å². The molecule has 1 aliphatic rings. The Hall–Kier alpha value is -0.980. The predicted octanol–water partition coefficient (Wildman–Crippen LogP) is 0.461. The third-order valence-electron chi connectivity index (χ3n) is 3.00. The lowest BCUT2D eigenvalue weighted by Crippen LogP contribution is -2.47. The Kier molecular flexibility index (Phi) is 4.68. The molecule has 1 aromatic rings. The van der Waals surface area contributed by atoms with Crippen molar-refractivity contribution < 1.29 is 14.4 Å². The van der Waals surface area contributed by atoms with E-state index in [2.05, 4.69) is 28.9 Å². The molecule has 1 saturated heterocycles. The zero-order valence-corrected chi connectivity index (χ0v) is 11.0. The molecule has 1 aliphatic heterocycles. The van der Waals surface area contributed by atoms with Gasteiger partial charge < -0.3 is 14.4 Å². The highest BCUT2D eigenvalue weighted by atomic mass is 16.5. The van der Waals surface area contributed by atoms with E-state index < -0.39 is 0 Å². The predicted molar refractivity (Wildman–Crippen MR) is 64.9 cm³/mol. The standard InChI is InChI=1S/C12H21N3O3/c1-9(2)5-12-13-11(14-18-12)6-15-3-4-17-8-10(15)7-16/h9-10,16H,3-8H2,1-2H3. The summed E-state index contributed by atoms with van der Waals surface area (Å²) in [6.07, 6.45) is 0.805. The van der Waals surface area contributed by atoms with Gasteiger partial charge in [-0.25, -0.2) is 0 Å². The van der Waals surface area contributed by atoms with Gasteiger partial charge in [-0.2, -0.15) is 4.98 Å². The molecule has 1 fully saturated rings. The summed E-state index contributed by atoms with van der Waals surface area (Å²) in [5.74, 6) is 1.88.